The highest BCUT2D eigenvalue weighted by atomic mass is 32.2. The molecule has 0 fully saturated rings. The van der Waals surface area contributed by atoms with E-state index < -0.39 is 18.0 Å². The van der Waals surface area contributed by atoms with Gasteiger partial charge < -0.3 is 10.1 Å². The first-order valence-corrected chi connectivity index (χ1v) is 8.88. The van der Waals surface area contributed by atoms with Crippen molar-refractivity contribution in [1.29, 1.82) is 0 Å². The van der Waals surface area contributed by atoms with Crippen LogP contribution in [0.4, 0.5) is 10.1 Å². The van der Waals surface area contributed by atoms with Crippen LogP contribution in [-0.2, 0) is 14.3 Å². The monoisotopic (exact) mass is 361 g/mol. The summed E-state index contributed by atoms with van der Waals surface area (Å²) in [6.45, 7) is 3.52. The molecule has 2 rings (SSSR count). The standard InChI is InChI=1S/C19H20FNO3S/c1-13-3-9-17(10-4-13)25-12-11-18(22)24-14(2)19(23)21-16-7-5-15(20)6-8-16/h3-10,14H,11-12H2,1-2H3,(H,21,23)/t14-/m0/s1. The maximum atomic E-state index is 12.8. The van der Waals surface area contributed by atoms with Crippen molar-refractivity contribution in [3.8, 4) is 0 Å². The van der Waals surface area contributed by atoms with Gasteiger partial charge in [0.25, 0.3) is 5.91 Å². The van der Waals surface area contributed by atoms with Gasteiger partial charge in [-0.2, -0.15) is 0 Å². The molecule has 2 aromatic rings. The summed E-state index contributed by atoms with van der Waals surface area (Å²) in [5, 5.41) is 2.57. The second-order valence-electron chi connectivity index (χ2n) is 5.54. The van der Waals surface area contributed by atoms with Crippen molar-refractivity contribution in [2.75, 3.05) is 11.1 Å². The Bertz CT molecular complexity index is 716. The van der Waals surface area contributed by atoms with E-state index >= 15 is 0 Å². The number of hydrogen-bond acceptors (Lipinski definition) is 4. The smallest absolute Gasteiger partial charge is 0.307 e. The van der Waals surface area contributed by atoms with E-state index in [1.807, 2.05) is 31.2 Å². The molecule has 25 heavy (non-hydrogen) atoms. The van der Waals surface area contributed by atoms with Crippen LogP contribution in [0.3, 0.4) is 0 Å². The van der Waals surface area contributed by atoms with Crippen LogP contribution in [0.1, 0.15) is 18.9 Å². The first-order chi connectivity index (χ1) is 11.9. The largest absolute Gasteiger partial charge is 0.453 e. The lowest BCUT2D eigenvalue weighted by atomic mass is 10.2. The zero-order valence-corrected chi connectivity index (χ0v) is 14.9. The fourth-order valence-corrected chi connectivity index (χ4v) is 2.81. The van der Waals surface area contributed by atoms with E-state index in [4.69, 9.17) is 4.74 Å². The number of esters is 1. The molecule has 0 heterocycles. The number of thioether (sulfide) groups is 1. The summed E-state index contributed by atoms with van der Waals surface area (Å²) in [5.41, 5.74) is 1.63. The molecule has 0 bridgehead atoms. The highest BCUT2D eigenvalue weighted by molar-refractivity contribution is 7.99. The number of ether oxygens (including phenoxy) is 1. The summed E-state index contributed by atoms with van der Waals surface area (Å²) in [6, 6.07) is 13.4. The van der Waals surface area contributed by atoms with Gasteiger partial charge in [-0.15, -0.1) is 11.8 Å². The predicted molar refractivity (Wildman–Crippen MR) is 97.1 cm³/mol. The van der Waals surface area contributed by atoms with Gasteiger partial charge in [0.15, 0.2) is 6.10 Å². The van der Waals surface area contributed by atoms with E-state index in [9.17, 15) is 14.0 Å². The zero-order valence-electron chi connectivity index (χ0n) is 14.1. The van der Waals surface area contributed by atoms with Gasteiger partial charge in [-0.05, 0) is 50.2 Å². The van der Waals surface area contributed by atoms with Crippen LogP contribution in [0.2, 0.25) is 0 Å². The summed E-state index contributed by atoms with van der Waals surface area (Å²) < 4.78 is 18.0. The molecule has 0 saturated heterocycles. The van der Waals surface area contributed by atoms with Crippen LogP contribution >= 0.6 is 11.8 Å². The van der Waals surface area contributed by atoms with Crippen LogP contribution in [-0.4, -0.2) is 23.7 Å². The van der Waals surface area contributed by atoms with Crippen molar-refractivity contribution in [1.82, 2.24) is 0 Å². The molecule has 0 spiro atoms. The molecule has 1 atom stereocenters. The molecule has 1 N–H and O–H groups in total. The van der Waals surface area contributed by atoms with Gasteiger partial charge in [0.2, 0.25) is 0 Å². The Labute approximate surface area is 150 Å². The van der Waals surface area contributed by atoms with Crippen molar-refractivity contribution in [3.63, 3.8) is 0 Å². The molecule has 0 aliphatic carbocycles. The number of amides is 1. The Kier molecular flexibility index (Phi) is 7.01. The quantitative estimate of drug-likeness (QED) is 0.594. The maximum Gasteiger partial charge on any atom is 0.307 e. The molecule has 0 unspecified atom stereocenters. The second kappa shape index (κ2) is 9.22. The fourth-order valence-electron chi connectivity index (χ4n) is 1.97. The van der Waals surface area contributed by atoms with E-state index in [0.29, 0.717) is 11.4 Å². The molecule has 0 aliphatic heterocycles. The van der Waals surface area contributed by atoms with Gasteiger partial charge >= 0.3 is 5.97 Å². The molecule has 0 radical (unpaired) electrons. The summed E-state index contributed by atoms with van der Waals surface area (Å²) in [7, 11) is 0. The Balaban J connectivity index is 1.72. The summed E-state index contributed by atoms with van der Waals surface area (Å²) in [6.07, 6.45) is -0.700. The molecule has 1 amide bonds. The molecule has 6 heteroatoms. The average molecular weight is 361 g/mol. The number of benzene rings is 2. The number of carbonyl (C=O) groups excluding carboxylic acids is 2. The van der Waals surface area contributed by atoms with Crippen molar-refractivity contribution in [3.05, 3.63) is 59.9 Å². The minimum Gasteiger partial charge on any atom is -0.453 e. The maximum absolute atomic E-state index is 12.8. The van der Waals surface area contributed by atoms with E-state index in [0.717, 1.165) is 4.90 Å². The van der Waals surface area contributed by atoms with Gasteiger partial charge in [0.1, 0.15) is 5.82 Å². The normalized spacial score (nSPS) is 11.6. The van der Waals surface area contributed by atoms with E-state index in [2.05, 4.69) is 5.32 Å². The Hall–Kier alpha value is -2.34. The van der Waals surface area contributed by atoms with Crippen molar-refractivity contribution in [2.24, 2.45) is 0 Å². The first kappa shape index (κ1) is 19.0. The van der Waals surface area contributed by atoms with E-state index in [1.54, 1.807) is 11.8 Å². The number of hydrogen-bond donors (Lipinski definition) is 1. The topological polar surface area (TPSA) is 55.4 Å². The predicted octanol–water partition coefficient (Wildman–Crippen LogP) is 4.19. The number of anilines is 1. The third-order valence-electron chi connectivity index (χ3n) is 3.39. The number of carbonyl (C=O) groups is 2. The van der Waals surface area contributed by atoms with Crippen molar-refractivity contribution < 1.29 is 18.7 Å². The number of rotatable bonds is 7. The zero-order chi connectivity index (χ0) is 18.2. The van der Waals surface area contributed by atoms with Gasteiger partial charge in [0.05, 0.1) is 6.42 Å². The van der Waals surface area contributed by atoms with Gasteiger partial charge in [0, 0.05) is 16.3 Å². The molecule has 132 valence electrons. The van der Waals surface area contributed by atoms with Gasteiger partial charge in [-0.3, -0.25) is 9.59 Å². The lowest BCUT2D eigenvalue weighted by Gasteiger charge is -2.13. The second-order valence-corrected chi connectivity index (χ2v) is 6.71. The highest BCUT2D eigenvalue weighted by Crippen LogP contribution is 2.19. The molecular formula is C19H20FNO3S. The molecule has 0 saturated carbocycles. The van der Waals surface area contributed by atoms with Gasteiger partial charge in [-0.1, -0.05) is 17.7 Å². The summed E-state index contributed by atoms with van der Waals surface area (Å²) in [5.74, 6) is -0.690. The van der Waals surface area contributed by atoms with Gasteiger partial charge in [-0.25, -0.2) is 4.39 Å². The number of aryl methyl sites for hydroxylation is 1. The van der Waals surface area contributed by atoms with Crippen molar-refractivity contribution >= 4 is 29.3 Å². The summed E-state index contributed by atoms with van der Waals surface area (Å²) in [4.78, 5) is 24.9. The highest BCUT2D eigenvalue weighted by Gasteiger charge is 2.17. The Morgan fingerprint density at radius 1 is 1.12 bits per heavy atom. The SMILES string of the molecule is Cc1ccc(SCCC(=O)O[C@@H](C)C(=O)Nc2ccc(F)cc2)cc1. The average Bonchev–Trinajstić information content (AvgIpc) is 2.58. The van der Waals surface area contributed by atoms with Crippen LogP contribution < -0.4 is 5.32 Å². The lowest BCUT2D eigenvalue weighted by Crippen LogP contribution is -2.30. The minimum absolute atomic E-state index is 0.215. The molecule has 0 aliphatic rings. The van der Waals surface area contributed by atoms with Crippen molar-refractivity contribution in [2.45, 2.75) is 31.3 Å². The van der Waals surface area contributed by atoms with Crippen LogP contribution in [0, 0.1) is 12.7 Å². The third kappa shape index (κ3) is 6.58. The molecule has 2 aromatic carbocycles. The Morgan fingerprint density at radius 3 is 2.40 bits per heavy atom. The van der Waals surface area contributed by atoms with Crippen LogP contribution in [0.5, 0.6) is 0 Å². The minimum atomic E-state index is -0.915. The third-order valence-corrected chi connectivity index (χ3v) is 4.40. The van der Waals surface area contributed by atoms with Crippen LogP contribution in [0.15, 0.2) is 53.4 Å². The number of halogens is 1. The van der Waals surface area contributed by atoms with E-state index in [1.165, 1.54) is 36.8 Å². The molecular weight excluding hydrogens is 341 g/mol. The summed E-state index contributed by atoms with van der Waals surface area (Å²) >= 11 is 1.56. The molecule has 4 nitrogen and oxygen atoms in total. The first-order valence-electron chi connectivity index (χ1n) is 7.89. The fraction of sp³-hybridized carbons (Fsp3) is 0.263. The van der Waals surface area contributed by atoms with Crippen LogP contribution in [0.25, 0.3) is 0 Å². The molecule has 0 aromatic heterocycles. The lowest BCUT2D eigenvalue weighted by molar-refractivity contribution is -0.152. The van der Waals surface area contributed by atoms with E-state index in [-0.39, 0.29) is 12.2 Å². The number of nitrogens with one attached hydrogen (secondary N) is 1. The Morgan fingerprint density at radius 2 is 1.76 bits per heavy atom.